The third-order valence-corrected chi connectivity index (χ3v) is 0.587. The van der Waals surface area contributed by atoms with Crippen molar-refractivity contribution < 1.29 is 24.0 Å². The topological polar surface area (TPSA) is 110 Å². The summed E-state index contributed by atoms with van der Waals surface area (Å²) in [6.45, 7) is 2.09. The predicted molar refractivity (Wildman–Crippen MR) is 34.3 cm³/mol. The fourth-order valence-corrected chi connectivity index (χ4v) is 0. The molecule has 1 unspecified atom stereocenters. The van der Waals surface area contributed by atoms with Gasteiger partial charge in [-0.2, -0.15) is 0 Å². The molecule has 7 heteroatoms. The van der Waals surface area contributed by atoms with Gasteiger partial charge in [-0.05, 0) is 0 Å². The van der Waals surface area contributed by atoms with E-state index in [1.807, 2.05) is 0 Å². The van der Waals surface area contributed by atoms with Crippen LogP contribution in [-0.4, -0.2) is 22.6 Å². The van der Waals surface area contributed by atoms with Crippen LogP contribution in [0.2, 0.25) is 0 Å². The van der Waals surface area contributed by atoms with Gasteiger partial charge in [0.2, 0.25) is 0 Å². The van der Waals surface area contributed by atoms with Gasteiger partial charge in [0.05, 0.1) is 0 Å². The lowest BCUT2D eigenvalue weighted by Crippen LogP contribution is -1.93. The van der Waals surface area contributed by atoms with Crippen LogP contribution in [0.5, 0.6) is 0 Å². The molecule has 0 aromatic heterocycles. The molecular formula is C3H10NO5P. The van der Waals surface area contributed by atoms with E-state index >= 15 is 0 Å². The van der Waals surface area contributed by atoms with E-state index in [9.17, 15) is 4.57 Å². The average molecular weight is 171 g/mol. The Morgan fingerprint density at radius 1 is 1.70 bits per heavy atom. The summed E-state index contributed by atoms with van der Waals surface area (Å²) in [5, 5.41) is 7.42. The van der Waals surface area contributed by atoms with E-state index in [-0.39, 0.29) is 0 Å². The minimum Gasteiger partial charge on any atom is -0.481 e. The van der Waals surface area contributed by atoms with Crippen molar-refractivity contribution in [3.8, 4) is 0 Å². The third kappa shape index (κ3) is 49.3. The first-order valence-electron chi connectivity index (χ1n) is 2.18. The number of hydrogen-bond acceptors (Lipinski definition) is 4. The van der Waals surface area contributed by atoms with Crippen molar-refractivity contribution in [2.24, 2.45) is 5.90 Å². The molecule has 0 fully saturated rings. The Bertz CT molecular complexity index is 136. The van der Waals surface area contributed by atoms with Crippen molar-refractivity contribution in [3.63, 3.8) is 0 Å². The number of hydrogen-bond donors (Lipinski definition) is 3. The zero-order valence-corrected chi connectivity index (χ0v) is 6.54. The molecule has 0 heterocycles. The maximum Gasteiger partial charge on any atom is 0.341 e. The molecule has 0 aromatic rings. The van der Waals surface area contributed by atoms with Gasteiger partial charge in [-0.3, -0.25) is 9.36 Å². The quantitative estimate of drug-likeness (QED) is 0.371. The highest BCUT2D eigenvalue weighted by molar-refractivity contribution is 7.51. The minimum absolute atomic E-state index is 0.833. The van der Waals surface area contributed by atoms with E-state index in [4.69, 9.17) is 14.8 Å². The number of rotatable bonds is 1. The van der Waals surface area contributed by atoms with Crippen LogP contribution in [0, 0.1) is 0 Å². The molecule has 10 heavy (non-hydrogen) atoms. The van der Waals surface area contributed by atoms with Crippen molar-refractivity contribution in [1.29, 1.82) is 0 Å². The summed E-state index contributed by atoms with van der Waals surface area (Å²) < 4.78 is 13.3. The van der Waals surface area contributed by atoms with E-state index in [0.29, 0.717) is 0 Å². The maximum atomic E-state index is 9.79. The summed E-state index contributed by atoms with van der Waals surface area (Å²) in [4.78, 5) is 17.0. The van der Waals surface area contributed by atoms with Gasteiger partial charge in [0.15, 0.2) is 0 Å². The van der Waals surface area contributed by atoms with Crippen molar-refractivity contribution in [3.05, 3.63) is 0 Å². The molecule has 1 atom stereocenters. The molecule has 0 radical (unpaired) electrons. The van der Waals surface area contributed by atoms with Crippen molar-refractivity contribution in [2.45, 2.75) is 6.92 Å². The van der Waals surface area contributed by atoms with Crippen LogP contribution in [0.1, 0.15) is 6.92 Å². The standard InChI is InChI=1S/C2H4O2.CH6NO3P/c1-2(3)4;1-6(3,4)5-2/h1H3,(H,3,4);2H2,1H3,(H,3,4). The molecule has 0 spiro atoms. The van der Waals surface area contributed by atoms with Crippen LogP contribution in [-0.2, 0) is 14.0 Å². The second-order valence-corrected chi connectivity index (χ2v) is 3.24. The first-order valence-corrected chi connectivity index (χ1v) is 4.20. The molecule has 0 saturated carbocycles. The Kier molecular flexibility index (Phi) is 6.59. The number of carbonyl (C=O) groups is 1. The van der Waals surface area contributed by atoms with Gasteiger partial charge in [0.1, 0.15) is 0 Å². The van der Waals surface area contributed by atoms with Gasteiger partial charge in [0, 0.05) is 13.6 Å². The van der Waals surface area contributed by atoms with Crippen LogP contribution < -0.4 is 5.90 Å². The first kappa shape index (κ1) is 12.3. The van der Waals surface area contributed by atoms with Gasteiger partial charge in [-0.25, -0.2) is 10.5 Å². The second-order valence-electron chi connectivity index (χ2n) is 1.43. The summed E-state index contributed by atoms with van der Waals surface area (Å²) in [6.07, 6.45) is 0. The predicted octanol–water partition coefficient (Wildman–Crippen LogP) is -0.217. The number of aliphatic carboxylic acids is 1. The highest BCUT2D eigenvalue weighted by atomic mass is 31.2. The lowest BCUT2D eigenvalue weighted by Gasteiger charge is -1.94. The fraction of sp³-hybridized carbons (Fsp3) is 0.667. The van der Waals surface area contributed by atoms with E-state index in [0.717, 1.165) is 13.6 Å². The van der Waals surface area contributed by atoms with Crippen LogP contribution in [0.4, 0.5) is 0 Å². The van der Waals surface area contributed by atoms with Crippen LogP contribution in [0.3, 0.4) is 0 Å². The smallest absolute Gasteiger partial charge is 0.341 e. The molecule has 0 rings (SSSR count). The van der Waals surface area contributed by atoms with E-state index in [1.165, 1.54) is 0 Å². The van der Waals surface area contributed by atoms with Gasteiger partial charge >= 0.3 is 7.60 Å². The minimum atomic E-state index is -3.37. The van der Waals surface area contributed by atoms with Gasteiger partial charge in [-0.1, -0.05) is 0 Å². The Morgan fingerprint density at radius 3 is 1.80 bits per heavy atom. The van der Waals surface area contributed by atoms with E-state index in [1.54, 1.807) is 0 Å². The zero-order chi connectivity index (χ0) is 8.78. The second kappa shape index (κ2) is 5.37. The molecule has 0 aliphatic carbocycles. The normalized spacial score (nSPS) is 14.4. The first-order chi connectivity index (χ1) is 4.29. The fourth-order valence-electron chi connectivity index (χ4n) is 0. The molecular weight excluding hydrogens is 161 g/mol. The SMILES string of the molecule is CC(=O)O.CP(=O)(O)ON. The molecule has 0 amide bonds. The maximum absolute atomic E-state index is 9.79. The Morgan fingerprint density at radius 2 is 1.80 bits per heavy atom. The molecule has 0 aromatic carbocycles. The van der Waals surface area contributed by atoms with Crippen molar-refractivity contribution in [1.82, 2.24) is 0 Å². The summed E-state index contributed by atoms with van der Waals surface area (Å²) in [7, 11) is -3.37. The Balaban J connectivity index is 0. The number of nitrogens with two attached hydrogens (primary N) is 1. The number of carboxylic acid groups (broad SMARTS) is 1. The summed E-state index contributed by atoms with van der Waals surface area (Å²) in [5.41, 5.74) is 0. The van der Waals surface area contributed by atoms with Gasteiger partial charge in [0.25, 0.3) is 5.97 Å². The average Bonchev–Trinajstić information content (AvgIpc) is 1.63. The number of carboxylic acids is 1. The molecule has 0 saturated heterocycles. The van der Waals surface area contributed by atoms with Gasteiger partial charge < -0.3 is 10.00 Å². The largest absolute Gasteiger partial charge is 0.481 e. The van der Waals surface area contributed by atoms with Crippen molar-refractivity contribution in [2.75, 3.05) is 6.66 Å². The molecule has 6 nitrogen and oxygen atoms in total. The van der Waals surface area contributed by atoms with Crippen molar-refractivity contribution >= 4 is 13.6 Å². The zero-order valence-electron chi connectivity index (χ0n) is 5.64. The highest BCUT2D eigenvalue weighted by Gasteiger charge is 2.04. The van der Waals surface area contributed by atoms with Crippen LogP contribution in [0.15, 0.2) is 0 Å². The molecule has 4 N–H and O–H groups in total. The summed E-state index contributed by atoms with van der Waals surface area (Å²) >= 11 is 0. The highest BCUT2D eigenvalue weighted by Crippen LogP contribution is 2.32. The molecule has 0 aliphatic heterocycles. The van der Waals surface area contributed by atoms with Crippen LogP contribution in [0.25, 0.3) is 0 Å². The monoisotopic (exact) mass is 171 g/mol. The Labute approximate surface area is 58.1 Å². The van der Waals surface area contributed by atoms with E-state index in [2.05, 4.69) is 10.5 Å². The Hall–Kier alpha value is -0.420. The van der Waals surface area contributed by atoms with Gasteiger partial charge in [-0.15, -0.1) is 0 Å². The third-order valence-electron chi connectivity index (χ3n) is 0.196. The molecule has 0 bridgehead atoms. The molecule has 62 valence electrons. The lowest BCUT2D eigenvalue weighted by molar-refractivity contribution is -0.134. The lowest BCUT2D eigenvalue weighted by atomic mass is 10.9. The summed E-state index contributed by atoms with van der Waals surface area (Å²) in [6, 6.07) is 0. The molecule has 0 aliphatic rings. The van der Waals surface area contributed by atoms with E-state index < -0.39 is 13.6 Å². The van der Waals surface area contributed by atoms with Crippen LogP contribution >= 0.6 is 7.60 Å². The summed E-state index contributed by atoms with van der Waals surface area (Å²) in [5.74, 6) is 3.46.